The van der Waals surface area contributed by atoms with E-state index in [0.29, 0.717) is 22.9 Å². The van der Waals surface area contributed by atoms with Crippen LogP contribution in [0.2, 0.25) is 0 Å². The number of rotatable bonds is 6. The molecule has 0 saturated carbocycles. The predicted molar refractivity (Wildman–Crippen MR) is 168 cm³/mol. The van der Waals surface area contributed by atoms with Crippen LogP contribution in [0, 0.1) is 11.8 Å². The Morgan fingerprint density at radius 2 is 0.783 bits per heavy atom. The van der Waals surface area contributed by atoms with Gasteiger partial charge in [0, 0.05) is 0 Å². The molecular weight excluding hydrogens is 584 g/mol. The van der Waals surface area contributed by atoms with Crippen molar-refractivity contribution in [2.24, 2.45) is 11.8 Å². The quantitative estimate of drug-likeness (QED) is 0.299. The van der Waals surface area contributed by atoms with Gasteiger partial charge in [0.2, 0.25) is 11.8 Å². The average molecular weight is 615 g/mol. The maximum Gasteiger partial charge on any atom is 0.253 e. The average Bonchev–Trinajstić information content (AvgIpc) is 3.77. The Kier molecular flexibility index (Phi) is 6.52. The van der Waals surface area contributed by atoms with Crippen molar-refractivity contribution < 1.29 is 28.7 Å². The first-order chi connectivity index (χ1) is 22.4. The van der Waals surface area contributed by atoms with E-state index in [1.54, 1.807) is 62.8 Å². The Morgan fingerprint density at radius 3 is 1.11 bits per heavy atom. The maximum absolute atomic E-state index is 14.5. The lowest BCUT2D eigenvalue weighted by atomic mass is 9.84. The van der Waals surface area contributed by atoms with Crippen molar-refractivity contribution in [3.8, 4) is 11.5 Å². The number of fused-ring (bicyclic) bond motifs is 5. The summed E-state index contributed by atoms with van der Waals surface area (Å²) in [6, 6.07) is 29.3. The number of hydrogen-bond acceptors (Lipinski definition) is 8. The molecule has 4 aromatic carbocycles. The Morgan fingerprint density at radius 1 is 0.435 bits per heavy atom. The number of methoxy groups -OCH3 is 2. The summed E-state index contributed by atoms with van der Waals surface area (Å²) < 4.78 is 10.6. The molecule has 4 aliphatic rings. The van der Waals surface area contributed by atoms with Gasteiger partial charge in [0.05, 0.1) is 49.5 Å². The molecule has 4 amide bonds. The van der Waals surface area contributed by atoms with Crippen LogP contribution in [0.3, 0.4) is 0 Å². The standard InChI is InChI=1S/C36H30N4O6/c1-45-25-17-13-23(14-18-25)37-33(41)27-29(21-9-5-3-6-10-21)40-32-28(30(22-11-7-4-8-12-22)39(40)31(27)35(37)43)34(42)38(36(32)44)24-15-19-26(46-2)20-16-24/h3-20,27-32H,1-2H3/t27-,28+,29+,30-,31-,32+. The van der Waals surface area contributed by atoms with E-state index in [1.807, 2.05) is 70.7 Å². The van der Waals surface area contributed by atoms with Gasteiger partial charge in [-0.3, -0.25) is 19.2 Å². The molecule has 0 bridgehead atoms. The molecule has 4 aromatic rings. The second kappa shape index (κ2) is 10.6. The first-order valence-corrected chi connectivity index (χ1v) is 15.1. The van der Waals surface area contributed by atoms with Gasteiger partial charge in [-0.15, -0.1) is 0 Å². The van der Waals surface area contributed by atoms with E-state index in [0.717, 1.165) is 11.1 Å². The topological polar surface area (TPSA) is 99.7 Å². The minimum absolute atomic E-state index is 0.351. The Balaban J connectivity index is 1.29. The molecule has 4 fully saturated rings. The zero-order valence-electron chi connectivity index (χ0n) is 25.1. The molecule has 4 aliphatic heterocycles. The minimum Gasteiger partial charge on any atom is -0.497 e. The molecule has 46 heavy (non-hydrogen) atoms. The largest absolute Gasteiger partial charge is 0.497 e. The van der Waals surface area contributed by atoms with Gasteiger partial charge in [-0.2, -0.15) is 0 Å². The van der Waals surface area contributed by atoms with Crippen LogP contribution in [0.15, 0.2) is 109 Å². The Labute approximate surface area is 265 Å². The predicted octanol–water partition coefficient (Wildman–Crippen LogP) is 4.15. The van der Waals surface area contributed by atoms with Crippen molar-refractivity contribution in [2.45, 2.75) is 24.2 Å². The molecule has 4 saturated heterocycles. The number of carbonyl (C=O) groups excluding carboxylic acids is 4. The van der Waals surface area contributed by atoms with Crippen LogP contribution < -0.4 is 19.3 Å². The summed E-state index contributed by atoms with van der Waals surface area (Å²) >= 11 is 0. The lowest BCUT2D eigenvalue weighted by Gasteiger charge is -2.35. The van der Waals surface area contributed by atoms with E-state index in [2.05, 4.69) is 0 Å². The first kappa shape index (κ1) is 28.2. The number of anilines is 2. The smallest absolute Gasteiger partial charge is 0.253 e. The minimum atomic E-state index is -0.925. The van der Waals surface area contributed by atoms with Crippen LogP contribution in [0.25, 0.3) is 0 Å². The molecule has 4 heterocycles. The molecular formula is C36H30N4O6. The molecule has 6 atom stereocenters. The van der Waals surface area contributed by atoms with Crippen molar-refractivity contribution in [2.75, 3.05) is 24.0 Å². The van der Waals surface area contributed by atoms with Crippen molar-refractivity contribution in [1.82, 2.24) is 10.0 Å². The van der Waals surface area contributed by atoms with Crippen molar-refractivity contribution in [3.63, 3.8) is 0 Å². The highest BCUT2D eigenvalue weighted by Crippen LogP contribution is 2.59. The molecule has 0 unspecified atom stereocenters. The van der Waals surface area contributed by atoms with Crippen LogP contribution in [0.4, 0.5) is 11.4 Å². The zero-order valence-corrected chi connectivity index (χ0v) is 25.1. The highest BCUT2D eigenvalue weighted by Gasteiger charge is 2.73. The zero-order chi connectivity index (χ0) is 31.7. The van der Waals surface area contributed by atoms with Crippen LogP contribution in [-0.4, -0.2) is 59.9 Å². The third-order valence-corrected chi connectivity index (χ3v) is 9.67. The molecule has 0 radical (unpaired) electrons. The number of nitrogens with zero attached hydrogens (tertiary/aromatic N) is 4. The fraction of sp³-hybridized carbons (Fsp3) is 0.222. The molecule has 0 spiro atoms. The fourth-order valence-corrected chi connectivity index (χ4v) is 7.77. The summed E-state index contributed by atoms with van der Waals surface area (Å²) in [7, 11) is 3.11. The van der Waals surface area contributed by atoms with Gasteiger partial charge in [-0.25, -0.2) is 19.8 Å². The van der Waals surface area contributed by atoms with Gasteiger partial charge in [0.1, 0.15) is 23.6 Å². The summed E-state index contributed by atoms with van der Waals surface area (Å²) in [5, 5.41) is 3.75. The summed E-state index contributed by atoms with van der Waals surface area (Å²) in [5.41, 5.74) is 2.45. The van der Waals surface area contributed by atoms with Crippen LogP contribution >= 0.6 is 0 Å². The molecule has 0 N–H and O–H groups in total. The van der Waals surface area contributed by atoms with Gasteiger partial charge in [-0.05, 0) is 59.7 Å². The second-order valence-electron chi connectivity index (χ2n) is 11.8. The van der Waals surface area contributed by atoms with Crippen molar-refractivity contribution >= 4 is 35.0 Å². The normalized spacial score (nSPS) is 27.3. The number of amides is 4. The number of hydrazine groups is 1. The SMILES string of the molecule is COc1ccc(N2C(=O)[C@@H]3[C@@H](C2=O)N2[C@@H](c4ccccc4)[C@H]4C(=O)N(c5ccc(OC)cc5)C(=O)[C@@H]4N2[C@@H]3c2ccccc2)cc1. The van der Waals surface area contributed by atoms with E-state index < -0.39 is 47.8 Å². The summed E-state index contributed by atoms with van der Waals surface area (Å²) in [4.78, 5) is 60.3. The third-order valence-electron chi connectivity index (χ3n) is 9.67. The Bertz CT molecular complexity index is 1710. The number of carbonyl (C=O) groups is 4. The molecule has 8 rings (SSSR count). The van der Waals surface area contributed by atoms with Crippen molar-refractivity contribution in [1.29, 1.82) is 0 Å². The molecule has 0 aromatic heterocycles. The van der Waals surface area contributed by atoms with E-state index in [1.165, 1.54) is 9.80 Å². The Hall–Kier alpha value is -5.32. The summed E-state index contributed by atoms with van der Waals surface area (Å²) in [5.74, 6) is -1.92. The lowest BCUT2D eigenvalue weighted by Crippen LogP contribution is -2.50. The maximum atomic E-state index is 14.5. The number of hydrogen-bond donors (Lipinski definition) is 0. The number of imide groups is 2. The van der Waals surface area contributed by atoms with Gasteiger partial charge < -0.3 is 9.47 Å². The highest BCUT2D eigenvalue weighted by molar-refractivity contribution is 6.26. The third kappa shape index (κ3) is 3.90. The molecule has 0 aliphatic carbocycles. The van der Waals surface area contributed by atoms with Crippen LogP contribution in [0.5, 0.6) is 11.5 Å². The number of ether oxygens (including phenoxy) is 2. The molecule has 230 valence electrons. The van der Waals surface area contributed by atoms with Gasteiger partial charge in [0.25, 0.3) is 11.8 Å². The van der Waals surface area contributed by atoms with Gasteiger partial charge in [-0.1, -0.05) is 60.7 Å². The summed E-state index contributed by atoms with van der Waals surface area (Å²) in [6.45, 7) is 0. The fourth-order valence-electron chi connectivity index (χ4n) is 7.77. The van der Waals surface area contributed by atoms with Gasteiger partial charge >= 0.3 is 0 Å². The molecule has 10 nitrogen and oxygen atoms in total. The second-order valence-corrected chi connectivity index (χ2v) is 11.8. The highest BCUT2D eigenvalue weighted by atomic mass is 16.5. The lowest BCUT2D eigenvalue weighted by molar-refractivity contribution is -0.136. The van der Waals surface area contributed by atoms with Crippen LogP contribution in [-0.2, 0) is 19.2 Å². The summed E-state index contributed by atoms with van der Waals surface area (Å²) in [6.07, 6.45) is 0. The first-order valence-electron chi connectivity index (χ1n) is 15.1. The van der Waals surface area contributed by atoms with Gasteiger partial charge in [0.15, 0.2) is 0 Å². The van der Waals surface area contributed by atoms with E-state index in [9.17, 15) is 19.2 Å². The monoisotopic (exact) mass is 614 g/mol. The van der Waals surface area contributed by atoms with E-state index in [4.69, 9.17) is 9.47 Å². The van der Waals surface area contributed by atoms with E-state index in [-0.39, 0.29) is 11.8 Å². The number of benzene rings is 4. The van der Waals surface area contributed by atoms with E-state index >= 15 is 0 Å². The van der Waals surface area contributed by atoms with Crippen molar-refractivity contribution in [3.05, 3.63) is 120 Å². The van der Waals surface area contributed by atoms with Crippen LogP contribution in [0.1, 0.15) is 23.2 Å². The molecule has 10 heteroatoms.